The zero-order valence-corrected chi connectivity index (χ0v) is 9.24. The Bertz CT molecular complexity index is 301. The van der Waals surface area contributed by atoms with E-state index in [0.29, 0.717) is 13.3 Å². The fourth-order valence-electron chi connectivity index (χ4n) is 1.33. The highest BCUT2D eigenvalue weighted by molar-refractivity contribution is 5.59. The van der Waals surface area contributed by atoms with E-state index in [1.165, 1.54) is 10.1 Å². The lowest BCUT2D eigenvalue weighted by Crippen LogP contribution is -2.31. The van der Waals surface area contributed by atoms with Gasteiger partial charge in [0.05, 0.1) is 12.4 Å². The molecule has 2 rings (SSSR count). The smallest absolute Gasteiger partial charge is 0.359 e. The van der Waals surface area contributed by atoms with Crippen LogP contribution in [0.25, 0.3) is 0 Å². The molecule has 88 valence electrons. The molecular weight excluding hydrogens is 212 g/mol. The lowest BCUT2D eigenvalue weighted by Gasteiger charge is -2.19. The van der Waals surface area contributed by atoms with Crippen molar-refractivity contribution >= 4 is 6.16 Å². The molecule has 0 saturated heterocycles. The van der Waals surface area contributed by atoms with Gasteiger partial charge in [-0.05, 0) is 0 Å². The van der Waals surface area contributed by atoms with Gasteiger partial charge in [-0.3, -0.25) is 0 Å². The Hall–Kier alpha value is -2.05. The Kier molecular flexibility index (Phi) is 2.76. The second-order valence-corrected chi connectivity index (χ2v) is 3.66. The molecule has 0 bridgehead atoms. The predicted octanol–water partition coefficient (Wildman–Crippen LogP) is 0.322. The predicted molar refractivity (Wildman–Crippen MR) is 54.8 cm³/mol. The SMILES string of the molecule is CN1C=CN(OC(=O)ON2C=CN(C)C2)C1. The summed E-state index contributed by atoms with van der Waals surface area (Å²) in [5, 5.41) is 2.79. The zero-order chi connectivity index (χ0) is 11.5. The summed E-state index contributed by atoms with van der Waals surface area (Å²) in [6, 6.07) is 0. The van der Waals surface area contributed by atoms with Crippen LogP contribution in [0, 0.1) is 0 Å². The van der Waals surface area contributed by atoms with Crippen molar-refractivity contribution in [2.24, 2.45) is 0 Å². The van der Waals surface area contributed by atoms with Gasteiger partial charge in [-0.25, -0.2) is 0 Å². The summed E-state index contributed by atoms with van der Waals surface area (Å²) in [6.07, 6.45) is 6.17. The molecule has 16 heavy (non-hydrogen) atoms. The number of rotatable bonds is 2. The van der Waals surface area contributed by atoms with E-state index in [1.807, 2.05) is 23.9 Å². The highest BCUT2D eigenvalue weighted by atomic mass is 16.9. The third-order valence-corrected chi connectivity index (χ3v) is 2.08. The normalized spacial score (nSPS) is 18.6. The fraction of sp³-hybridized carbons (Fsp3) is 0.444. The summed E-state index contributed by atoms with van der Waals surface area (Å²) >= 11 is 0. The van der Waals surface area contributed by atoms with Crippen molar-refractivity contribution in [2.45, 2.75) is 0 Å². The minimum atomic E-state index is -0.750. The number of hydrogen-bond acceptors (Lipinski definition) is 7. The number of hydroxylamine groups is 4. The molecule has 0 N–H and O–H groups in total. The first-order valence-corrected chi connectivity index (χ1v) is 4.84. The average molecular weight is 226 g/mol. The monoisotopic (exact) mass is 226 g/mol. The van der Waals surface area contributed by atoms with E-state index in [0.717, 1.165) is 0 Å². The Morgan fingerprint density at radius 3 is 1.69 bits per heavy atom. The molecule has 7 nitrogen and oxygen atoms in total. The molecule has 0 atom stereocenters. The molecule has 7 heteroatoms. The second-order valence-electron chi connectivity index (χ2n) is 3.66. The van der Waals surface area contributed by atoms with E-state index in [-0.39, 0.29) is 0 Å². The molecule has 2 aliphatic rings. The van der Waals surface area contributed by atoms with Crippen LogP contribution in [0.3, 0.4) is 0 Å². The molecule has 0 unspecified atom stereocenters. The molecule has 0 amide bonds. The van der Waals surface area contributed by atoms with Crippen molar-refractivity contribution in [1.82, 2.24) is 19.9 Å². The van der Waals surface area contributed by atoms with E-state index >= 15 is 0 Å². The molecule has 0 fully saturated rings. The Labute approximate surface area is 93.6 Å². The first-order valence-electron chi connectivity index (χ1n) is 4.84. The van der Waals surface area contributed by atoms with Gasteiger partial charge in [-0.1, -0.05) is 0 Å². The zero-order valence-electron chi connectivity index (χ0n) is 9.24. The summed E-state index contributed by atoms with van der Waals surface area (Å²) in [6.45, 7) is 1.01. The third-order valence-electron chi connectivity index (χ3n) is 2.08. The van der Waals surface area contributed by atoms with Gasteiger partial charge in [0.2, 0.25) is 0 Å². The van der Waals surface area contributed by atoms with Crippen LogP contribution in [-0.2, 0) is 9.68 Å². The molecule has 2 aliphatic heterocycles. The quantitative estimate of drug-likeness (QED) is 0.672. The first kappa shape index (κ1) is 10.5. The van der Waals surface area contributed by atoms with Gasteiger partial charge in [0, 0.05) is 26.5 Å². The van der Waals surface area contributed by atoms with Crippen LogP contribution in [0.5, 0.6) is 0 Å². The van der Waals surface area contributed by atoms with Gasteiger partial charge < -0.3 is 19.5 Å². The lowest BCUT2D eigenvalue weighted by molar-refractivity contribution is -0.158. The van der Waals surface area contributed by atoms with Gasteiger partial charge in [-0.15, -0.1) is 0 Å². The van der Waals surface area contributed by atoms with Gasteiger partial charge in [0.1, 0.15) is 13.3 Å². The summed E-state index contributed by atoms with van der Waals surface area (Å²) < 4.78 is 0. The van der Waals surface area contributed by atoms with Crippen LogP contribution in [0.1, 0.15) is 0 Å². The highest BCUT2D eigenvalue weighted by Gasteiger charge is 2.19. The maximum absolute atomic E-state index is 11.3. The molecule has 0 aliphatic carbocycles. The van der Waals surface area contributed by atoms with Crippen LogP contribution in [0.4, 0.5) is 4.79 Å². The molecular formula is C9H14N4O3. The van der Waals surface area contributed by atoms with Crippen molar-refractivity contribution in [3.63, 3.8) is 0 Å². The van der Waals surface area contributed by atoms with Crippen LogP contribution in [0.15, 0.2) is 24.8 Å². The Morgan fingerprint density at radius 1 is 0.938 bits per heavy atom. The fourth-order valence-corrected chi connectivity index (χ4v) is 1.33. The molecule has 0 saturated carbocycles. The van der Waals surface area contributed by atoms with Crippen molar-refractivity contribution in [2.75, 3.05) is 27.4 Å². The van der Waals surface area contributed by atoms with Gasteiger partial charge >= 0.3 is 6.16 Å². The summed E-state index contributed by atoms with van der Waals surface area (Å²) in [5.74, 6) is 0. The van der Waals surface area contributed by atoms with Gasteiger partial charge in [-0.2, -0.15) is 14.9 Å². The Balaban J connectivity index is 1.73. The van der Waals surface area contributed by atoms with E-state index < -0.39 is 6.16 Å². The van der Waals surface area contributed by atoms with E-state index in [4.69, 9.17) is 9.68 Å². The molecule has 0 spiro atoms. The summed E-state index contributed by atoms with van der Waals surface area (Å²) in [4.78, 5) is 24.9. The van der Waals surface area contributed by atoms with Crippen molar-refractivity contribution in [3.05, 3.63) is 24.8 Å². The lowest BCUT2D eigenvalue weighted by atomic mass is 10.9. The molecule has 0 aromatic carbocycles. The van der Waals surface area contributed by atoms with Crippen LogP contribution >= 0.6 is 0 Å². The minimum absolute atomic E-state index is 0.505. The van der Waals surface area contributed by atoms with Crippen molar-refractivity contribution in [1.29, 1.82) is 0 Å². The van der Waals surface area contributed by atoms with Crippen LogP contribution < -0.4 is 0 Å². The van der Waals surface area contributed by atoms with Crippen molar-refractivity contribution in [3.8, 4) is 0 Å². The minimum Gasteiger partial charge on any atom is -0.359 e. The van der Waals surface area contributed by atoms with Crippen LogP contribution in [-0.4, -0.2) is 53.5 Å². The number of hydrogen-bond donors (Lipinski definition) is 0. The Morgan fingerprint density at radius 2 is 1.38 bits per heavy atom. The largest absolute Gasteiger partial charge is 0.559 e. The van der Waals surface area contributed by atoms with E-state index in [9.17, 15) is 4.79 Å². The molecule has 0 aromatic rings. The topological polar surface area (TPSA) is 48.5 Å². The van der Waals surface area contributed by atoms with E-state index in [2.05, 4.69) is 0 Å². The maximum Gasteiger partial charge on any atom is 0.559 e. The maximum atomic E-state index is 11.3. The average Bonchev–Trinajstić information content (AvgIpc) is 2.76. The summed E-state index contributed by atoms with van der Waals surface area (Å²) in [5.41, 5.74) is 0. The van der Waals surface area contributed by atoms with Gasteiger partial charge in [0.25, 0.3) is 0 Å². The highest BCUT2D eigenvalue weighted by Crippen LogP contribution is 2.08. The first-order chi connectivity index (χ1) is 7.63. The summed E-state index contributed by atoms with van der Waals surface area (Å²) in [7, 11) is 3.76. The number of nitrogens with zero attached hydrogens (tertiary/aromatic N) is 4. The number of carbonyl (C=O) groups is 1. The van der Waals surface area contributed by atoms with Crippen molar-refractivity contribution < 1.29 is 14.5 Å². The third kappa shape index (κ3) is 2.50. The molecule has 0 aromatic heterocycles. The molecule has 2 heterocycles. The van der Waals surface area contributed by atoms with Crippen LogP contribution in [0.2, 0.25) is 0 Å². The van der Waals surface area contributed by atoms with Gasteiger partial charge in [0.15, 0.2) is 0 Å². The standard InChI is InChI=1S/C9H14N4O3/c1-10-3-5-12(7-10)15-9(14)16-13-6-4-11(2)8-13/h3-6H,7-8H2,1-2H3. The number of carbonyl (C=O) groups excluding carboxylic acids is 1. The molecule has 0 radical (unpaired) electrons. The second kappa shape index (κ2) is 4.21. The van der Waals surface area contributed by atoms with E-state index in [1.54, 1.807) is 24.8 Å².